The van der Waals surface area contributed by atoms with Crippen LogP contribution in [0.1, 0.15) is 15.9 Å². The Labute approximate surface area is 150 Å². The normalized spacial score (nSPS) is 16.5. The highest BCUT2D eigenvalue weighted by Gasteiger charge is 2.34. The lowest BCUT2D eigenvalue weighted by molar-refractivity contribution is -0.144. The molecule has 3 rings (SSSR count). The summed E-state index contributed by atoms with van der Waals surface area (Å²) in [7, 11) is -3.24. The van der Waals surface area contributed by atoms with Crippen molar-refractivity contribution in [1.82, 2.24) is 0 Å². The third-order valence-corrected chi connectivity index (χ3v) is 4.75. The molecule has 2 aromatic carbocycles. The number of rotatable bonds is 4. The molecule has 0 aliphatic carbocycles. The van der Waals surface area contributed by atoms with Crippen LogP contribution in [0.3, 0.4) is 0 Å². The van der Waals surface area contributed by atoms with Crippen molar-refractivity contribution in [3.63, 3.8) is 0 Å². The number of hydrogen-bond acceptors (Lipinski definition) is 5. The molecule has 1 N–H and O–H groups in total. The Hall–Kier alpha value is -2.87. The maximum atomic E-state index is 13.0. The van der Waals surface area contributed by atoms with E-state index < -0.39 is 27.8 Å². The first-order chi connectivity index (χ1) is 12.2. The smallest absolute Gasteiger partial charge is 0.346 e. The summed E-state index contributed by atoms with van der Waals surface area (Å²) in [4.78, 5) is 25.7. The summed E-state index contributed by atoms with van der Waals surface area (Å²) in [6.45, 7) is -0.137. The van der Waals surface area contributed by atoms with Gasteiger partial charge in [0.05, 0.1) is 18.0 Å². The number of carbonyl (C=O) groups is 2. The van der Waals surface area contributed by atoms with Crippen LogP contribution in [0.5, 0.6) is 5.75 Å². The number of amides is 1. The number of carboxylic acid groups (broad SMARTS) is 1. The minimum absolute atomic E-state index is 0.137. The van der Waals surface area contributed by atoms with Crippen molar-refractivity contribution in [2.45, 2.75) is 11.9 Å². The van der Waals surface area contributed by atoms with Crippen molar-refractivity contribution in [2.24, 2.45) is 0 Å². The largest absolute Gasteiger partial charge is 0.478 e. The molecule has 0 radical (unpaired) electrons. The van der Waals surface area contributed by atoms with Crippen LogP contribution in [0, 0.1) is 0 Å². The van der Waals surface area contributed by atoms with Gasteiger partial charge in [0.1, 0.15) is 5.75 Å². The second-order valence-corrected chi connectivity index (χ2v) is 8.24. The standard InChI is InChI=1S/C18H17NO6S/c1-26(23,24)11-12-5-4-6-13(9-12)17(20)19-10-16(18(21)22)25-15-8-3-2-7-14(15)19/h2-9,16H,10-11H2,1H3,(H,21,22). The van der Waals surface area contributed by atoms with Gasteiger partial charge in [-0.1, -0.05) is 24.3 Å². The molecule has 26 heavy (non-hydrogen) atoms. The molecule has 1 atom stereocenters. The van der Waals surface area contributed by atoms with Gasteiger partial charge in [-0.2, -0.15) is 0 Å². The molecule has 0 aromatic heterocycles. The van der Waals surface area contributed by atoms with Gasteiger partial charge in [-0.3, -0.25) is 4.79 Å². The van der Waals surface area contributed by atoms with Crippen LogP contribution in [-0.2, 0) is 20.4 Å². The minimum Gasteiger partial charge on any atom is -0.478 e. The molecule has 0 saturated heterocycles. The number of aliphatic carboxylic acids is 1. The number of anilines is 1. The van der Waals surface area contributed by atoms with Crippen molar-refractivity contribution < 1.29 is 27.9 Å². The number of nitrogens with zero attached hydrogens (tertiary/aromatic N) is 1. The number of fused-ring (bicyclic) bond motifs is 1. The molecular weight excluding hydrogens is 358 g/mol. The molecule has 2 aromatic rings. The lowest BCUT2D eigenvalue weighted by Gasteiger charge is -2.33. The van der Waals surface area contributed by atoms with Crippen LogP contribution >= 0.6 is 0 Å². The van der Waals surface area contributed by atoms with Gasteiger partial charge in [0.15, 0.2) is 9.84 Å². The fraction of sp³-hybridized carbons (Fsp3) is 0.222. The van der Waals surface area contributed by atoms with E-state index in [0.717, 1.165) is 6.26 Å². The van der Waals surface area contributed by atoms with Gasteiger partial charge >= 0.3 is 5.97 Å². The Morgan fingerprint density at radius 3 is 2.62 bits per heavy atom. The molecule has 0 spiro atoms. The van der Waals surface area contributed by atoms with Crippen LogP contribution in [0.15, 0.2) is 48.5 Å². The van der Waals surface area contributed by atoms with E-state index in [1.807, 2.05) is 0 Å². The van der Waals surface area contributed by atoms with E-state index in [-0.39, 0.29) is 17.9 Å². The Bertz CT molecular complexity index is 969. The number of carbonyl (C=O) groups excluding carboxylic acids is 1. The first-order valence-electron chi connectivity index (χ1n) is 7.81. The summed E-state index contributed by atoms with van der Waals surface area (Å²) < 4.78 is 28.4. The molecule has 136 valence electrons. The van der Waals surface area contributed by atoms with Crippen molar-refractivity contribution in [2.75, 3.05) is 17.7 Å². The van der Waals surface area contributed by atoms with Crippen molar-refractivity contribution in [3.05, 3.63) is 59.7 Å². The zero-order valence-corrected chi connectivity index (χ0v) is 14.8. The van der Waals surface area contributed by atoms with E-state index in [0.29, 0.717) is 17.0 Å². The van der Waals surface area contributed by atoms with Crippen LogP contribution in [-0.4, -0.2) is 44.3 Å². The molecule has 1 aliphatic rings. The topological polar surface area (TPSA) is 101 Å². The molecule has 1 unspecified atom stereocenters. The summed E-state index contributed by atoms with van der Waals surface area (Å²) in [6.07, 6.45) is -0.0509. The fourth-order valence-electron chi connectivity index (χ4n) is 2.81. The highest BCUT2D eigenvalue weighted by Crippen LogP contribution is 2.34. The van der Waals surface area contributed by atoms with E-state index in [2.05, 4.69) is 0 Å². The molecule has 1 aliphatic heterocycles. The predicted octanol–water partition coefficient (Wildman–Crippen LogP) is 1.72. The second kappa shape index (κ2) is 6.80. The lowest BCUT2D eigenvalue weighted by atomic mass is 10.1. The second-order valence-electron chi connectivity index (χ2n) is 6.10. The highest BCUT2D eigenvalue weighted by atomic mass is 32.2. The van der Waals surface area contributed by atoms with Gasteiger partial charge in [0.25, 0.3) is 5.91 Å². The Balaban J connectivity index is 1.96. The van der Waals surface area contributed by atoms with E-state index in [1.54, 1.807) is 42.5 Å². The molecule has 7 nitrogen and oxygen atoms in total. The quantitative estimate of drug-likeness (QED) is 0.873. The molecule has 1 amide bonds. The molecule has 8 heteroatoms. The van der Waals surface area contributed by atoms with Gasteiger partial charge in [-0.15, -0.1) is 0 Å². The average Bonchev–Trinajstić information content (AvgIpc) is 2.58. The summed E-state index contributed by atoms with van der Waals surface area (Å²) in [5.41, 5.74) is 1.25. The van der Waals surface area contributed by atoms with Crippen molar-refractivity contribution in [1.29, 1.82) is 0 Å². The van der Waals surface area contributed by atoms with Gasteiger partial charge in [-0.05, 0) is 29.8 Å². The first kappa shape index (κ1) is 17.9. The predicted molar refractivity (Wildman–Crippen MR) is 95.2 cm³/mol. The third kappa shape index (κ3) is 3.85. The number of hydrogen-bond donors (Lipinski definition) is 1. The van der Waals surface area contributed by atoms with Crippen LogP contribution in [0.2, 0.25) is 0 Å². The summed E-state index contributed by atoms with van der Waals surface area (Å²) in [5, 5.41) is 9.28. The summed E-state index contributed by atoms with van der Waals surface area (Å²) in [6, 6.07) is 13.0. The number of para-hydroxylation sites is 2. The zero-order chi connectivity index (χ0) is 18.9. The van der Waals surface area contributed by atoms with E-state index in [4.69, 9.17) is 4.74 Å². The number of sulfone groups is 1. The molecular formula is C18H17NO6S. The zero-order valence-electron chi connectivity index (χ0n) is 14.0. The van der Waals surface area contributed by atoms with E-state index in [1.165, 1.54) is 11.0 Å². The Morgan fingerprint density at radius 2 is 1.92 bits per heavy atom. The van der Waals surface area contributed by atoms with Gasteiger partial charge in [0.2, 0.25) is 6.10 Å². The minimum atomic E-state index is -3.24. The van der Waals surface area contributed by atoms with Crippen LogP contribution in [0.25, 0.3) is 0 Å². The van der Waals surface area contributed by atoms with Gasteiger partial charge in [0, 0.05) is 11.8 Å². The van der Waals surface area contributed by atoms with Crippen LogP contribution < -0.4 is 9.64 Å². The first-order valence-corrected chi connectivity index (χ1v) is 9.88. The monoisotopic (exact) mass is 375 g/mol. The number of ether oxygens (including phenoxy) is 1. The fourth-order valence-corrected chi connectivity index (χ4v) is 3.59. The summed E-state index contributed by atoms with van der Waals surface area (Å²) >= 11 is 0. The van der Waals surface area contributed by atoms with Gasteiger partial charge in [-0.25, -0.2) is 13.2 Å². The molecule has 0 saturated carbocycles. The average molecular weight is 375 g/mol. The molecule has 0 bridgehead atoms. The maximum absolute atomic E-state index is 13.0. The molecule has 0 fully saturated rings. The molecule has 1 heterocycles. The number of carboxylic acids is 1. The SMILES string of the molecule is CS(=O)(=O)Cc1cccc(C(=O)N2CC(C(=O)O)Oc3ccccc32)c1. The van der Waals surface area contributed by atoms with E-state index in [9.17, 15) is 23.1 Å². The van der Waals surface area contributed by atoms with Crippen molar-refractivity contribution in [3.8, 4) is 5.75 Å². The third-order valence-electron chi connectivity index (χ3n) is 3.90. The van der Waals surface area contributed by atoms with Crippen LogP contribution in [0.4, 0.5) is 5.69 Å². The number of benzene rings is 2. The van der Waals surface area contributed by atoms with E-state index >= 15 is 0 Å². The summed E-state index contributed by atoms with van der Waals surface area (Å²) in [5.74, 6) is -1.44. The maximum Gasteiger partial charge on any atom is 0.346 e. The van der Waals surface area contributed by atoms with Crippen molar-refractivity contribution >= 4 is 27.4 Å². The Kier molecular flexibility index (Phi) is 4.69. The lowest BCUT2D eigenvalue weighted by Crippen LogP contribution is -2.47. The highest BCUT2D eigenvalue weighted by molar-refractivity contribution is 7.89. The Morgan fingerprint density at radius 1 is 1.19 bits per heavy atom. The van der Waals surface area contributed by atoms with Gasteiger partial charge < -0.3 is 14.7 Å².